The van der Waals surface area contributed by atoms with Crippen molar-refractivity contribution >= 4 is 23.3 Å². The van der Waals surface area contributed by atoms with Crippen LogP contribution in [0.15, 0.2) is 30.6 Å². The molecular weight excluding hydrogens is 454 g/mol. The fourth-order valence-electron chi connectivity index (χ4n) is 4.79. The van der Waals surface area contributed by atoms with Crippen LogP contribution in [-0.4, -0.2) is 75.9 Å². The lowest BCUT2D eigenvalue weighted by Crippen LogP contribution is -2.52. The highest BCUT2D eigenvalue weighted by Gasteiger charge is 2.35. The summed E-state index contributed by atoms with van der Waals surface area (Å²) in [6.07, 6.45) is 1.66. The molecule has 1 unspecified atom stereocenters. The number of halogens is 1. The summed E-state index contributed by atoms with van der Waals surface area (Å²) in [5, 5.41) is 23.9. The molecule has 1 saturated heterocycles. The average Bonchev–Trinajstić information content (AvgIpc) is 3.13. The Bertz CT molecular complexity index is 1010. The Morgan fingerprint density at radius 3 is 2.53 bits per heavy atom. The molecule has 2 aromatic rings. The zero-order valence-corrected chi connectivity index (χ0v) is 20.8. The molecule has 3 atom stereocenters. The topological polar surface area (TPSA) is 102 Å². The van der Waals surface area contributed by atoms with E-state index in [0.29, 0.717) is 44.2 Å². The van der Waals surface area contributed by atoms with E-state index in [0.717, 1.165) is 22.6 Å². The average molecular weight is 488 g/mol. The molecule has 2 heterocycles. The molecule has 8 nitrogen and oxygen atoms in total. The zero-order chi connectivity index (χ0) is 24.5. The van der Waals surface area contributed by atoms with Gasteiger partial charge in [-0.3, -0.25) is 4.79 Å². The first-order valence-electron chi connectivity index (χ1n) is 11.9. The Labute approximate surface area is 206 Å². The number of aliphatic hydroxyl groups excluding tert-OH is 2. The third-order valence-corrected chi connectivity index (χ3v) is 7.17. The van der Waals surface area contributed by atoms with Crippen molar-refractivity contribution in [3.05, 3.63) is 52.4 Å². The molecular formula is C25H34ClN5O3. The predicted octanol–water partition coefficient (Wildman–Crippen LogP) is 2.46. The molecule has 0 spiro atoms. The molecule has 184 valence electrons. The van der Waals surface area contributed by atoms with E-state index in [-0.39, 0.29) is 24.3 Å². The lowest BCUT2D eigenvalue weighted by atomic mass is 9.95. The number of anilines is 1. The fourth-order valence-corrected chi connectivity index (χ4v) is 4.92. The summed E-state index contributed by atoms with van der Waals surface area (Å²) in [5.41, 5.74) is 2.17. The van der Waals surface area contributed by atoms with Gasteiger partial charge in [-0.15, -0.1) is 0 Å². The summed E-state index contributed by atoms with van der Waals surface area (Å²) in [6, 6.07) is 7.40. The van der Waals surface area contributed by atoms with E-state index in [1.807, 2.05) is 30.9 Å². The van der Waals surface area contributed by atoms with Gasteiger partial charge in [0.05, 0.1) is 24.3 Å². The lowest BCUT2D eigenvalue weighted by molar-refractivity contribution is -0.133. The molecule has 3 N–H and O–H groups in total. The van der Waals surface area contributed by atoms with Crippen molar-refractivity contribution < 1.29 is 15.0 Å². The molecule has 34 heavy (non-hydrogen) atoms. The minimum Gasteiger partial charge on any atom is -0.394 e. The molecule has 1 amide bonds. The lowest BCUT2D eigenvalue weighted by Gasteiger charge is -2.38. The third-order valence-electron chi connectivity index (χ3n) is 6.92. The molecule has 0 bridgehead atoms. The second kappa shape index (κ2) is 10.2. The summed E-state index contributed by atoms with van der Waals surface area (Å²) in [6.45, 7) is 8.82. The zero-order valence-electron chi connectivity index (χ0n) is 20.0. The van der Waals surface area contributed by atoms with E-state index >= 15 is 0 Å². The van der Waals surface area contributed by atoms with Crippen molar-refractivity contribution in [2.45, 2.75) is 50.7 Å². The van der Waals surface area contributed by atoms with Crippen LogP contribution >= 0.6 is 11.6 Å². The standard InChI is InChI=1S/C25H34ClN5O3/c1-16-12-20(33)22-21(16)23(28-15-27-22)30-8-10-31(11-9-30)24(34)19(13-29-25(2,3)14-32)17-4-6-18(26)7-5-17/h4-7,15-16,19-20,29,32-33H,8-14H2,1-3H3/t16-,19?,20-/m1/s1. The van der Waals surface area contributed by atoms with Crippen LogP contribution in [0.5, 0.6) is 0 Å². The van der Waals surface area contributed by atoms with Gasteiger partial charge in [-0.2, -0.15) is 0 Å². The predicted molar refractivity (Wildman–Crippen MR) is 132 cm³/mol. The van der Waals surface area contributed by atoms with Crippen molar-refractivity contribution in [2.24, 2.45) is 0 Å². The molecule has 0 saturated carbocycles. The minimum absolute atomic E-state index is 0.0242. The number of nitrogens with one attached hydrogen (secondary N) is 1. The van der Waals surface area contributed by atoms with Crippen LogP contribution in [0.4, 0.5) is 5.82 Å². The normalized spacial score (nSPS) is 21.5. The Morgan fingerprint density at radius 2 is 1.88 bits per heavy atom. The van der Waals surface area contributed by atoms with Crippen LogP contribution in [0.1, 0.15) is 62.0 Å². The van der Waals surface area contributed by atoms with Gasteiger partial charge in [0.15, 0.2) is 0 Å². The van der Waals surface area contributed by atoms with Gasteiger partial charge in [-0.1, -0.05) is 30.7 Å². The Hall–Kier alpha value is -2.26. The SMILES string of the molecule is C[C@@H]1C[C@@H](O)c2ncnc(N3CCN(C(=O)C(CNC(C)(C)CO)c4ccc(Cl)cc4)CC3)c21. The number of hydrogen-bond donors (Lipinski definition) is 3. The molecule has 9 heteroatoms. The number of benzene rings is 1. The number of amides is 1. The molecule has 1 aliphatic heterocycles. The second-order valence-corrected chi connectivity index (χ2v) is 10.4. The Balaban J connectivity index is 1.48. The van der Waals surface area contributed by atoms with Crippen molar-refractivity contribution in [3.8, 4) is 0 Å². The van der Waals surface area contributed by atoms with Crippen LogP contribution in [-0.2, 0) is 4.79 Å². The Morgan fingerprint density at radius 1 is 1.21 bits per heavy atom. The number of hydrogen-bond acceptors (Lipinski definition) is 7. The molecule has 4 rings (SSSR count). The highest BCUT2D eigenvalue weighted by Crippen LogP contribution is 2.42. The van der Waals surface area contributed by atoms with Gasteiger partial charge in [-0.05, 0) is 43.9 Å². The fraction of sp³-hybridized carbons (Fsp3) is 0.560. The van der Waals surface area contributed by atoms with Gasteiger partial charge >= 0.3 is 0 Å². The van der Waals surface area contributed by atoms with Crippen LogP contribution in [0, 0.1) is 0 Å². The van der Waals surface area contributed by atoms with Crippen molar-refractivity contribution in [1.82, 2.24) is 20.2 Å². The minimum atomic E-state index is -0.537. The highest BCUT2D eigenvalue weighted by atomic mass is 35.5. The molecule has 1 fully saturated rings. The van der Waals surface area contributed by atoms with Crippen LogP contribution in [0.25, 0.3) is 0 Å². The number of rotatable bonds is 7. The van der Waals surface area contributed by atoms with Gasteiger partial charge < -0.3 is 25.3 Å². The molecule has 1 aromatic heterocycles. The van der Waals surface area contributed by atoms with Gasteiger partial charge in [0.2, 0.25) is 5.91 Å². The van der Waals surface area contributed by atoms with E-state index in [2.05, 4.69) is 27.1 Å². The van der Waals surface area contributed by atoms with Gasteiger partial charge in [0.25, 0.3) is 0 Å². The number of nitrogens with zero attached hydrogens (tertiary/aromatic N) is 4. The first kappa shape index (κ1) is 24.9. The van der Waals surface area contributed by atoms with E-state index in [4.69, 9.17) is 11.6 Å². The van der Waals surface area contributed by atoms with Crippen molar-refractivity contribution in [3.63, 3.8) is 0 Å². The number of aliphatic hydroxyl groups is 2. The number of aromatic nitrogens is 2. The summed E-state index contributed by atoms with van der Waals surface area (Å²) in [7, 11) is 0. The molecule has 2 aliphatic rings. The van der Waals surface area contributed by atoms with Gasteiger partial charge in [-0.25, -0.2) is 9.97 Å². The van der Waals surface area contributed by atoms with Crippen molar-refractivity contribution in [2.75, 3.05) is 44.2 Å². The Kier molecular flexibility index (Phi) is 7.42. The highest BCUT2D eigenvalue weighted by molar-refractivity contribution is 6.30. The summed E-state index contributed by atoms with van der Waals surface area (Å²) >= 11 is 6.07. The van der Waals surface area contributed by atoms with Crippen LogP contribution in [0.3, 0.4) is 0 Å². The maximum absolute atomic E-state index is 13.6. The van der Waals surface area contributed by atoms with E-state index in [9.17, 15) is 15.0 Å². The maximum atomic E-state index is 13.6. The largest absolute Gasteiger partial charge is 0.394 e. The first-order chi connectivity index (χ1) is 16.2. The second-order valence-electron chi connectivity index (χ2n) is 9.99. The summed E-state index contributed by atoms with van der Waals surface area (Å²) in [5.74, 6) is 0.755. The summed E-state index contributed by atoms with van der Waals surface area (Å²) in [4.78, 5) is 26.6. The quantitative estimate of drug-likeness (QED) is 0.551. The van der Waals surface area contributed by atoms with E-state index in [1.165, 1.54) is 6.33 Å². The molecule has 0 radical (unpaired) electrons. The maximum Gasteiger partial charge on any atom is 0.231 e. The van der Waals surface area contributed by atoms with E-state index in [1.54, 1.807) is 12.1 Å². The molecule has 1 aromatic carbocycles. The van der Waals surface area contributed by atoms with Gasteiger partial charge in [0.1, 0.15) is 12.1 Å². The molecule has 1 aliphatic carbocycles. The third kappa shape index (κ3) is 5.20. The smallest absolute Gasteiger partial charge is 0.231 e. The van der Waals surface area contributed by atoms with Gasteiger partial charge in [0, 0.05) is 48.8 Å². The monoisotopic (exact) mass is 487 g/mol. The number of carbonyl (C=O) groups is 1. The van der Waals surface area contributed by atoms with Crippen molar-refractivity contribution in [1.29, 1.82) is 0 Å². The first-order valence-corrected chi connectivity index (χ1v) is 12.3. The number of carbonyl (C=O) groups excluding carboxylic acids is 1. The van der Waals surface area contributed by atoms with E-state index < -0.39 is 11.6 Å². The summed E-state index contributed by atoms with van der Waals surface area (Å²) < 4.78 is 0. The van der Waals surface area contributed by atoms with Crippen LogP contribution in [0.2, 0.25) is 5.02 Å². The van der Waals surface area contributed by atoms with Crippen LogP contribution < -0.4 is 10.2 Å². The number of fused-ring (bicyclic) bond motifs is 1. The number of piperazine rings is 1.